The summed E-state index contributed by atoms with van der Waals surface area (Å²) in [6.45, 7) is 5.78. The van der Waals surface area contributed by atoms with Crippen LogP contribution in [0.2, 0.25) is 0 Å². The van der Waals surface area contributed by atoms with Gasteiger partial charge in [0.05, 0.1) is 11.3 Å². The van der Waals surface area contributed by atoms with E-state index in [0.717, 1.165) is 17.8 Å². The fourth-order valence-electron chi connectivity index (χ4n) is 1.89. The number of hydrogen-bond donors (Lipinski definition) is 2. The van der Waals surface area contributed by atoms with Gasteiger partial charge in [-0.3, -0.25) is 9.48 Å². The molecule has 1 aromatic heterocycles. The third-order valence-electron chi connectivity index (χ3n) is 3.04. The maximum Gasteiger partial charge on any atom is 0.255 e. The zero-order chi connectivity index (χ0) is 13.0. The molecule has 0 aliphatic heterocycles. The Morgan fingerprint density at radius 2 is 2.18 bits per heavy atom. The normalized spacial score (nSPS) is 12.5. The second-order valence-electron chi connectivity index (χ2n) is 4.26. The molecule has 17 heavy (non-hydrogen) atoms. The highest BCUT2D eigenvalue weighted by Crippen LogP contribution is 2.12. The second-order valence-corrected chi connectivity index (χ2v) is 4.26. The third-order valence-corrected chi connectivity index (χ3v) is 3.04. The topological polar surface area (TPSA) is 67.2 Å². The summed E-state index contributed by atoms with van der Waals surface area (Å²) in [5.41, 5.74) is 2.24. The molecule has 1 rings (SSSR count). The lowest BCUT2D eigenvalue weighted by atomic mass is 10.1. The molecular formula is C12H21N3O2. The van der Waals surface area contributed by atoms with Crippen LogP contribution in [0.25, 0.3) is 0 Å². The predicted molar refractivity (Wildman–Crippen MR) is 65.9 cm³/mol. The molecule has 0 aliphatic rings. The van der Waals surface area contributed by atoms with Crippen molar-refractivity contribution in [3.63, 3.8) is 0 Å². The van der Waals surface area contributed by atoms with Crippen LogP contribution in [-0.2, 0) is 7.05 Å². The third kappa shape index (κ3) is 3.06. The minimum atomic E-state index is -0.103. The molecule has 5 heteroatoms. The number of carbonyl (C=O) groups is 1. The first kappa shape index (κ1) is 13.7. The molecule has 0 aromatic carbocycles. The number of aryl methyl sites for hydroxylation is 2. The molecular weight excluding hydrogens is 218 g/mol. The molecule has 0 saturated carbocycles. The van der Waals surface area contributed by atoms with Gasteiger partial charge in [-0.1, -0.05) is 6.92 Å². The Labute approximate surface area is 102 Å². The summed E-state index contributed by atoms with van der Waals surface area (Å²) in [6, 6.07) is 0.0199. The summed E-state index contributed by atoms with van der Waals surface area (Å²) < 4.78 is 1.71. The van der Waals surface area contributed by atoms with Crippen LogP contribution < -0.4 is 5.32 Å². The summed E-state index contributed by atoms with van der Waals surface area (Å²) in [5.74, 6) is -0.103. The fourth-order valence-corrected chi connectivity index (χ4v) is 1.89. The van der Waals surface area contributed by atoms with Crippen LogP contribution in [-0.4, -0.2) is 33.4 Å². The van der Waals surface area contributed by atoms with Gasteiger partial charge in [-0.25, -0.2) is 0 Å². The largest absolute Gasteiger partial charge is 0.396 e. The van der Waals surface area contributed by atoms with Crippen molar-refractivity contribution in [1.82, 2.24) is 15.1 Å². The molecule has 1 unspecified atom stereocenters. The van der Waals surface area contributed by atoms with Crippen LogP contribution in [0.4, 0.5) is 0 Å². The van der Waals surface area contributed by atoms with Crippen molar-refractivity contribution in [2.75, 3.05) is 6.61 Å². The zero-order valence-electron chi connectivity index (χ0n) is 10.9. The van der Waals surface area contributed by atoms with Crippen molar-refractivity contribution >= 4 is 5.91 Å². The number of nitrogens with zero attached hydrogens (tertiary/aromatic N) is 2. The number of aliphatic hydroxyl groups is 1. The Bertz CT molecular complexity index is 399. The van der Waals surface area contributed by atoms with Crippen molar-refractivity contribution in [3.05, 3.63) is 17.0 Å². The van der Waals surface area contributed by atoms with E-state index in [9.17, 15) is 4.79 Å². The van der Waals surface area contributed by atoms with Crippen molar-refractivity contribution in [2.24, 2.45) is 7.05 Å². The molecule has 0 radical (unpaired) electrons. The minimum Gasteiger partial charge on any atom is -0.396 e. The molecule has 0 aliphatic carbocycles. The number of amides is 1. The van der Waals surface area contributed by atoms with E-state index in [4.69, 9.17) is 5.11 Å². The minimum absolute atomic E-state index is 0.0199. The Balaban J connectivity index is 2.82. The van der Waals surface area contributed by atoms with Crippen LogP contribution in [0.1, 0.15) is 41.5 Å². The lowest BCUT2D eigenvalue weighted by Crippen LogP contribution is -2.35. The number of carbonyl (C=O) groups excluding carboxylic acids is 1. The van der Waals surface area contributed by atoms with Crippen molar-refractivity contribution < 1.29 is 9.90 Å². The first-order valence-electron chi connectivity index (χ1n) is 5.93. The summed E-state index contributed by atoms with van der Waals surface area (Å²) in [6.07, 6.45) is 1.39. The molecule has 5 nitrogen and oxygen atoms in total. The van der Waals surface area contributed by atoms with Crippen molar-refractivity contribution in [1.29, 1.82) is 0 Å². The molecule has 1 amide bonds. The fraction of sp³-hybridized carbons (Fsp3) is 0.667. The molecule has 0 fully saturated rings. The Morgan fingerprint density at radius 3 is 2.59 bits per heavy atom. The van der Waals surface area contributed by atoms with E-state index in [1.54, 1.807) is 4.68 Å². The van der Waals surface area contributed by atoms with E-state index in [0.29, 0.717) is 12.0 Å². The summed E-state index contributed by atoms with van der Waals surface area (Å²) in [7, 11) is 1.82. The molecule has 0 saturated heterocycles. The van der Waals surface area contributed by atoms with E-state index < -0.39 is 0 Å². The monoisotopic (exact) mass is 239 g/mol. The molecule has 1 heterocycles. The summed E-state index contributed by atoms with van der Waals surface area (Å²) >= 11 is 0. The standard InChI is InChI=1S/C12H21N3O2/c1-5-10(6-7-16)13-12(17)11-8(2)14-15(4)9(11)3/h10,16H,5-7H2,1-4H3,(H,13,17). The number of aliphatic hydroxyl groups excluding tert-OH is 1. The van der Waals surface area contributed by atoms with Crippen molar-refractivity contribution in [3.8, 4) is 0 Å². The highest BCUT2D eigenvalue weighted by Gasteiger charge is 2.19. The molecule has 96 valence electrons. The van der Waals surface area contributed by atoms with Gasteiger partial charge in [0.25, 0.3) is 5.91 Å². The lowest BCUT2D eigenvalue weighted by Gasteiger charge is -2.15. The highest BCUT2D eigenvalue weighted by atomic mass is 16.3. The van der Waals surface area contributed by atoms with Gasteiger partial charge in [0, 0.05) is 25.4 Å². The molecule has 0 bridgehead atoms. The molecule has 1 atom stereocenters. The van der Waals surface area contributed by atoms with Gasteiger partial charge >= 0.3 is 0 Å². The molecule has 2 N–H and O–H groups in total. The Kier molecular flexibility index (Phi) is 4.69. The number of nitrogens with one attached hydrogen (secondary N) is 1. The van der Waals surface area contributed by atoms with Crippen LogP contribution in [0.5, 0.6) is 0 Å². The van der Waals surface area contributed by atoms with Gasteiger partial charge in [0.15, 0.2) is 0 Å². The summed E-state index contributed by atoms with van der Waals surface area (Å²) in [5, 5.41) is 16.0. The number of hydrogen-bond acceptors (Lipinski definition) is 3. The van der Waals surface area contributed by atoms with E-state index in [-0.39, 0.29) is 18.6 Å². The Hall–Kier alpha value is -1.36. The van der Waals surface area contributed by atoms with Crippen molar-refractivity contribution in [2.45, 2.75) is 39.7 Å². The zero-order valence-corrected chi connectivity index (χ0v) is 10.9. The van der Waals surface area contributed by atoms with Gasteiger partial charge in [0.2, 0.25) is 0 Å². The van der Waals surface area contributed by atoms with Gasteiger partial charge in [-0.05, 0) is 26.7 Å². The summed E-state index contributed by atoms with van der Waals surface area (Å²) in [4.78, 5) is 12.1. The van der Waals surface area contributed by atoms with Crippen LogP contribution in [0.15, 0.2) is 0 Å². The van der Waals surface area contributed by atoms with E-state index in [2.05, 4.69) is 10.4 Å². The smallest absolute Gasteiger partial charge is 0.255 e. The van der Waals surface area contributed by atoms with Crippen LogP contribution >= 0.6 is 0 Å². The van der Waals surface area contributed by atoms with Crippen LogP contribution in [0, 0.1) is 13.8 Å². The maximum atomic E-state index is 12.1. The molecule has 0 spiro atoms. The van der Waals surface area contributed by atoms with Gasteiger partial charge < -0.3 is 10.4 Å². The predicted octanol–water partition coefficient (Wildman–Crippen LogP) is 0.928. The second kappa shape index (κ2) is 5.82. The lowest BCUT2D eigenvalue weighted by molar-refractivity contribution is 0.0928. The van der Waals surface area contributed by atoms with Gasteiger partial charge in [-0.15, -0.1) is 0 Å². The average Bonchev–Trinajstić information content (AvgIpc) is 2.52. The van der Waals surface area contributed by atoms with Crippen LogP contribution in [0.3, 0.4) is 0 Å². The number of rotatable bonds is 5. The van der Waals surface area contributed by atoms with E-state index >= 15 is 0 Å². The van der Waals surface area contributed by atoms with E-state index in [1.807, 2.05) is 27.8 Å². The SMILES string of the molecule is CCC(CCO)NC(=O)c1c(C)nn(C)c1C. The number of aromatic nitrogens is 2. The van der Waals surface area contributed by atoms with E-state index in [1.165, 1.54) is 0 Å². The molecule has 1 aromatic rings. The quantitative estimate of drug-likeness (QED) is 0.803. The van der Waals surface area contributed by atoms with Gasteiger partial charge in [0.1, 0.15) is 0 Å². The maximum absolute atomic E-state index is 12.1. The first-order chi connectivity index (χ1) is 8.01. The van der Waals surface area contributed by atoms with Gasteiger partial charge in [-0.2, -0.15) is 5.10 Å². The first-order valence-corrected chi connectivity index (χ1v) is 5.93. The highest BCUT2D eigenvalue weighted by molar-refractivity contribution is 5.96. The Morgan fingerprint density at radius 1 is 1.53 bits per heavy atom. The average molecular weight is 239 g/mol.